The Labute approximate surface area is 107 Å². The third-order valence-corrected chi connectivity index (χ3v) is 3.50. The molecule has 1 aromatic heterocycles. The number of hydrogen-bond acceptors (Lipinski definition) is 3. The molecule has 92 valence electrons. The van der Waals surface area contributed by atoms with E-state index in [1.165, 1.54) is 12.0 Å². The molecule has 3 nitrogen and oxygen atoms in total. The zero-order chi connectivity index (χ0) is 12.5. The smallest absolute Gasteiger partial charge is 0.128 e. The number of rotatable bonds is 3. The maximum atomic E-state index is 5.88. The first-order chi connectivity index (χ1) is 8.74. The van der Waals surface area contributed by atoms with Crippen LogP contribution in [0.2, 0.25) is 0 Å². The molecule has 1 heterocycles. The Bertz CT molecular complexity index is 551. The number of hydrogen-bond donors (Lipinski definition) is 2. The fourth-order valence-electron chi connectivity index (χ4n) is 2.23. The molecule has 1 saturated carbocycles. The molecule has 3 rings (SSSR count). The lowest BCUT2D eigenvalue weighted by molar-refractivity contribution is 1.03. The Kier molecular flexibility index (Phi) is 2.67. The van der Waals surface area contributed by atoms with Crippen molar-refractivity contribution in [2.75, 3.05) is 11.1 Å². The Balaban J connectivity index is 1.67. The summed E-state index contributed by atoms with van der Waals surface area (Å²) in [5.41, 5.74) is 9.10. The maximum Gasteiger partial charge on any atom is 0.128 e. The predicted octanol–water partition coefficient (Wildman–Crippen LogP) is 2.94. The highest BCUT2D eigenvalue weighted by atomic mass is 15.0. The number of benzene rings is 1. The lowest BCUT2D eigenvalue weighted by atomic mass is 10.1. The maximum absolute atomic E-state index is 5.88. The van der Waals surface area contributed by atoms with Crippen LogP contribution in [0.1, 0.15) is 23.5 Å². The van der Waals surface area contributed by atoms with Crippen molar-refractivity contribution < 1.29 is 0 Å². The predicted molar refractivity (Wildman–Crippen MR) is 74.6 cm³/mol. The number of aryl methyl sites for hydroxylation is 1. The molecule has 2 atom stereocenters. The molecule has 0 spiro atoms. The van der Waals surface area contributed by atoms with Crippen molar-refractivity contribution in [1.82, 2.24) is 4.98 Å². The lowest BCUT2D eigenvalue weighted by Crippen LogP contribution is -2.06. The number of anilines is 2. The number of pyridine rings is 1. The average molecular weight is 239 g/mol. The molecule has 0 amide bonds. The zero-order valence-electron chi connectivity index (χ0n) is 10.4. The summed E-state index contributed by atoms with van der Waals surface area (Å²) in [4.78, 5) is 4.36. The van der Waals surface area contributed by atoms with Crippen molar-refractivity contribution in [2.24, 2.45) is 0 Å². The molecule has 1 aliphatic carbocycles. The van der Waals surface area contributed by atoms with E-state index in [1.54, 1.807) is 0 Å². The van der Waals surface area contributed by atoms with Gasteiger partial charge in [0, 0.05) is 29.9 Å². The molecule has 0 radical (unpaired) electrons. The molecule has 1 aromatic carbocycles. The first-order valence-corrected chi connectivity index (χ1v) is 6.27. The minimum atomic E-state index is 0.488. The summed E-state index contributed by atoms with van der Waals surface area (Å²) in [5, 5.41) is 3.44. The Morgan fingerprint density at radius 2 is 2.06 bits per heavy atom. The van der Waals surface area contributed by atoms with Crippen LogP contribution >= 0.6 is 0 Å². The first-order valence-electron chi connectivity index (χ1n) is 6.27. The first kappa shape index (κ1) is 11.1. The van der Waals surface area contributed by atoms with Gasteiger partial charge in [0.1, 0.15) is 5.82 Å². The van der Waals surface area contributed by atoms with Crippen LogP contribution in [0.3, 0.4) is 0 Å². The normalized spacial score (nSPS) is 21.6. The summed E-state index contributed by atoms with van der Waals surface area (Å²) in [6.45, 7) is 1.97. The molecule has 18 heavy (non-hydrogen) atoms. The van der Waals surface area contributed by atoms with Crippen molar-refractivity contribution >= 4 is 11.5 Å². The Morgan fingerprint density at radius 3 is 2.78 bits per heavy atom. The van der Waals surface area contributed by atoms with Crippen LogP contribution in [0.4, 0.5) is 11.5 Å². The van der Waals surface area contributed by atoms with Gasteiger partial charge >= 0.3 is 0 Å². The van der Waals surface area contributed by atoms with Crippen LogP contribution in [0, 0.1) is 6.92 Å². The fraction of sp³-hybridized carbons (Fsp3) is 0.267. The van der Waals surface area contributed by atoms with Crippen molar-refractivity contribution in [3.05, 3.63) is 53.7 Å². The summed E-state index contributed by atoms with van der Waals surface area (Å²) >= 11 is 0. The van der Waals surface area contributed by atoms with Gasteiger partial charge in [-0.25, -0.2) is 4.98 Å². The molecule has 1 fully saturated rings. The minimum Gasteiger partial charge on any atom is -0.398 e. The summed E-state index contributed by atoms with van der Waals surface area (Å²) < 4.78 is 0. The zero-order valence-corrected chi connectivity index (χ0v) is 10.4. The van der Waals surface area contributed by atoms with E-state index < -0.39 is 0 Å². The van der Waals surface area contributed by atoms with E-state index in [0.717, 1.165) is 17.1 Å². The molecule has 3 N–H and O–H groups in total. The summed E-state index contributed by atoms with van der Waals surface area (Å²) in [5.74, 6) is 1.48. The molecule has 0 bridgehead atoms. The second-order valence-electron chi connectivity index (χ2n) is 4.93. The Hall–Kier alpha value is -2.03. The largest absolute Gasteiger partial charge is 0.398 e. The summed E-state index contributed by atoms with van der Waals surface area (Å²) in [6, 6.07) is 13.0. The van der Waals surface area contributed by atoms with Crippen molar-refractivity contribution in [3.63, 3.8) is 0 Å². The molecular weight excluding hydrogens is 222 g/mol. The Morgan fingerprint density at radius 1 is 1.28 bits per heavy atom. The van der Waals surface area contributed by atoms with E-state index >= 15 is 0 Å². The van der Waals surface area contributed by atoms with Gasteiger partial charge in [-0.3, -0.25) is 0 Å². The van der Waals surface area contributed by atoms with Crippen LogP contribution in [0.25, 0.3) is 0 Å². The van der Waals surface area contributed by atoms with E-state index in [2.05, 4.69) is 40.6 Å². The average Bonchev–Trinajstić information content (AvgIpc) is 3.14. The van der Waals surface area contributed by atoms with Gasteiger partial charge in [0.05, 0.1) is 0 Å². The summed E-state index contributed by atoms with van der Waals surface area (Å²) in [6.07, 6.45) is 2.98. The number of nitrogens with zero attached hydrogens (tertiary/aromatic N) is 1. The van der Waals surface area contributed by atoms with E-state index in [-0.39, 0.29) is 0 Å². The molecule has 3 heteroatoms. The summed E-state index contributed by atoms with van der Waals surface area (Å²) in [7, 11) is 0. The lowest BCUT2D eigenvalue weighted by Gasteiger charge is -2.07. The van der Waals surface area contributed by atoms with Crippen LogP contribution in [-0.4, -0.2) is 11.0 Å². The van der Waals surface area contributed by atoms with Gasteiger partial charge in [-0.1, -0.05) is 30.3 Å². The number of nitrogens with one attached hydrogen (secondary N) is 1. The monoisotopic (exact) mass is 239 g/mol. The van der Waals surface area contributed by atoms with Gasteiger partial charge in [0.25, 0.3) is 0 Å². The SMILES string of the molecule is Cc1cnc(NC2CC2c2ccccc2)cc1N. The second-order valence-corrected chi connectivity index (χ2v) is 4.93. The highest BCUT2D eigenvalue weighted by Crippen LogP contribution is 2.42. The van der Waals surface area contributed by atoms with Crippen LogP contribution in [0.5, 0.6) is 0 Å². The van der Waals surface area contributed by atoms with Crippen molar-refractivity contribution in [3.8, 4) is 0 Å². The van der Waals surface area contributed by atoms with E-state index in [0.29, 0.717) is 12.0 Å². The molecular formula is C15H17N3. The third kappa shape index (κ3) is 2.16. The van der Waals surface area contributed by atoms with Crippen LogP contribution in [0.15, 0.2) is 42.6 Å². The van der Waals surface area contributed by atoms with E-state index in [9.17, 15) is 0 Å². The quantitative estimate of drug-likeness (QED) is 0.865. The minimum absolute atomic E-state index is 0.488. The molecule has 0 saturated heterocycles. The van der Waals surface area contributed by atoms with Crippen molar-refractivity contribution in [1.29, 1.82) is 0 Å². The molecule has 2 unspecified atom stereocenters. The third-order valence-electron chi connectivity index (χ3n) is 3.50. The van der Waals surface area contributed by atoms with Gasteiger partial charge in [0.2, 0.25) is 0 Å². The second kappa shape index (κ2) is 4.33. The van der Waals surface area contributed by atoms with E-state index in [1.807, 2.05) is 19.2 Å². The van der Waals surface area contributed by atoms with Gasteiger partial charge in [-0.2, -0.15) is 0 Å². The highest BCUT2D eigenvalue weighted by molar-refractivity contribution is 5.54. The van der Waals surface area contributed by atoms with Gasteiger partial charge < -0.3 is 11.1 Å². The van der Waals surface area contributed by atoms with Crippen LogP contribution < -0.4 is 11.1 Å². The van der Waals surface area contributed by atoms with Gasteiger partial charge in [-0.05, 0) is 24.5 Å². The standard InChI is InChI=1S/C15H17N3/c1-10-9-17-15(8-13(10)16)18-14-7-12(14)11-5-3-2-4-6-11/h2-6,8-9,12,14H,7H2,1H3,(H3,16,17,18). The fourth-order valence-corrected chi connectivity index (χ4v) is 2.23. The topological polar surface area (TPSA) is 50.9 Å². The van der Waals surface area contributed by atoms with E-state index in [4.69, 9.17) is 5.73 Å². The van der Waals surface area contributed by atoms with Gasteiger partial charge in [0.15, 0.2) is 0 Å². The number of nitrogens with two attached hydrogens (primary N) is 1. The number of aromatic nitrogens is 1. The van der Waals surface area contributed by atoms with Gasteiger partial charge in [-0.15, -0.1) is 0 Å². The van der Waals surface area contributed by atoms with Crippen LogP contribution in [-0.2, 0) is 0 Å². The molecule has 2 aromatic rings. The van der Waals surface area contributed by atoms with Crippen molar-refractivity contribution in [2.45, 2.75) is 25.3 Å². The molecule has 0 aliphatic heterocycles. The number of nitrogen functional groups attached to an aromatic ring is 1. The highest BCUT2D eigenvalue weighted by Gasteiger charge is 2.38. The molecule has 1 aliphatic rings.